The first-order valence-electron chi connectivity index (χ1n) is 5.08. The maximum absolute atomic E-state index is 13.4. The number of carbonyl (C=O) groups excluding carboxylic acids is 1. The summed E-state index contributed by atoms with van der Waals surface area (Å²) in [7, 11) is 0. The Morgan fingerprint density at radius 1 is 1.35 bits per heavy atom. The zero-order chi connectivity index (χ0) is 12.6. The van der Waals surface area contributed by atoms with E-state index in [1.165, 1.54) is 0 Å². The Morgan fingerprint density at radius 3 is 2.65 bits per heavy atom. The van der Waals surface area contributed by atoms with Crippen LogP contribution in [0.25, 0.3) is 0 Å². The number of nitrogens with zero attached hydrogens (tertiary/aromatic N) is 1. The van der Waals surface area contributed by atoms with Gasteiger partial charge in [0.05, 0.1) is 5.69 Å². The number of rotatable bonds is 2. The first-order chi connectivity index (χ1) is 8.02. The van der Waals surface area contributed by atoms with Crippen LogP contribution in [0.3, 0.4) is 0 Å². The largest absolute Gasteiger partial charge is 0.396 e. The second-order valence-corrected chi connectivity index (χ2v) is 3.98. The maximum atomic E-state index is 13.4. The fourth-order valence-electron chi connectivity index (χ4n) is 1.88. The van der Waals surface area contributed by atoms with Crippen molar-refractivity contribution in [3.63, 3.8) is 0 Å². The van der Waals surface area contributed by atoms with Crippen molar-refractivity contribution in [2.45, 2.75) is 6.42 Å². The van der Waals surface area contributed by atoms with E-state index in [9.17, 15) is 18.0 Å². The minimum atomic E-state index is -1.33. The second-order valence-electron chi connectivity index (χ2n) is 3.98. The molecular weight excluding hydrogens is 235 g/mol. The van der Waals surface area contributed by atoms with Crippen molar-refractivity contribution in [3.8, 4) is 0 Å². The molecule has 1 heterocycles. The molecular formula is C11H10F3NO2. The van der Waals surface area contributed by atoms with E-state index >= 15 is 0 Å². The lowest BCUT2D eigenvalue weighted by Crippen LogP contribution is -2.26. The first kappa shape index (κ1) is 11.9. The maximum Gasteiger partial charge on any atom is 0.227 e. The fourth-order valence-corrected chi connectivity index (χ4v) is 1.88. The molecule has 92 valence electrons. The smallest absolute Gasteiger partial charge is 0.227 e. The van der Waals surface area contributed by atoms with E-state index in [4.69, 9.17) is 5.11 Å². The summed E-state index contributed by atoms with van der Waals surface area (Å²) < 4.78 is 39.4. The molecule has 1 aliphatic rings. The molecule has 0 aromatic heterocycles. The highest BCUT2D eigenvalue weighted by Gasteiger charge is 2.32. The molecule has 17 heavy (non-hydrogen) atoms. The normalized spacial score (nSPS) is 20.1. The molecule has 0 bridgehead atoms. The summed E-state index contributed by atoms with van der Waals surface area (Å²) >= 11 is 0. The van der Waals surface area contributed by atoms with Gasteiger partial charge in [0.15, 0.2) is 11.6 Å². The lowest BCUT2D eigenvalue weighted by molar-refractivity contribution is -0.117. The van der Waals surface area contributed by atoms with Crippen LogP contribution in [0.5, 0.6) is 0 Å². The van der Waals surface area contributed by atoms with Crippen LogP contribution in [0.15, 0.2) is 12.1 Å². The monoisotopic (exact) mass is 245 g/mol. The van der Waals surface area contributed by atoms with Crippen LogP contribution in [0, 0.1) is 23.4 Å². The van der Waals surface area contributed by atoms with Gasteiger partial charge in [-0.2, -0.15) is 0 Å². The van der Waals surface area contributed by atoms with Crippen LogP contribution in [0.4, 0.5) is 18.9 Å². The molecule has 1 aromatic rings. The molecule has 0 aliphatic carbocycles. The zero-order valence-corrected chi connectivity index (χ0v) is 8.79. The van der Waals surface area contributed by atoms with Gasteiger partial charge in [-0.25, -0.2) is 13.2 Å². The van der Waals surface area contributed by atoms with Crippen molar-refractivity contribution in [2.24, 2.45) is 5.92 Å². The summed E-state index contributed by atoms with van der Waals surface area (Å²) in [5.74, 6) is -4.31. The Labute approximate surface area is 95.5 Å². The van der Waals surface area contributed by atoms with E-state index in [-0.39, 0.29) is 25.5 Å². The van der Waals surface area contributed by atoms with Gasteiger partial charge in [0.2, 0.25) is 5.91 Å². The second kappa shape index (κ2) is 4.37. The zero-order valence-electron chi connectivity index (χ0n) is 8.79. The number of benzene rings is 1. The van der Waals surface area contributed by atoms with Gasteiger partial charge < -0.3 is 10.0 Å². The number of aliphatic hydroxyl groups excluding tert-OH is 1. The average molecular weight is 245 g/mol. The quantitative estimate of drug-likeness (QED) is 0.801. The van der Waals surface area contributed by atoms with Gasteiger partial charge in [0.1, 0.15) is 5.82 Å². The third-order valence-electron chi connectivity index (χ3n) is 2.73. The molecule has 0 spiro atoms. The van der Waals surface area contributed by atoms with Gasteiger partial charge in [0.25, 0.3) is 0 Å². The van der Waals surface area contributed by atoms with Crippen LogP contribution in [-0.2, 0) is 4.79 Å². The van der Waals surface area contributed by atoms with E-state index in [2.05, 4.69) is 0 Å². The Morgan fingerprint density at radius 2 is 2.06 bits per heavy atom. The minimum absolute atomic E-state index is 0.0497. The predicted molar refractivity (Wildman–Crippen MR) is 53.9 cm³/mol. The molecule has 3 nitrogen and oxygen atoms in total. The number of anilines is 1. The molecule has 1 unspecified atom stereocenters. The third kappa shape index (κ3) is 2.12. The highest BCUT2D eigenvalue weighted by molar-refractivity contribution is 5.95. The van der Waals surface area contributed by atoms with Crippen molar-refractivity contribution < 1.29 is 23.1 Å². The van der Waals surface area contributed by atoms with Crippen molar-refractivity contribution >= 4 is 11.6 Å². The standard InChI is InChI=1S/C11H10F3NO2/c12-7-2-8(13)11(14)9(3-7)15-4-6(5-16)1-10(15)17/h2-3,6,16H,1,4-5H2. The Hall–Kier alpha value is -1.56. The number of carbonyl (C=O) groups is 1. The molecule has 0 radical (unpaired) electrons. The minimum Gasteiger partial charge on any atom is -0.396 e. The number of hydrogen-bond donors (Lipinski definition) is 1. The summed E-state index contributed by atoms with van der Waals surface area (Å²) in [6.45, 7) is -0.156. The summed E-state index contributed by atoms with van der Waals surface area (Å²) in [5.41, 5.74) is -0.413. The Bertz CT molecular complexity index is 464. The van der Waals surface area contributed by atoms with Crippen LogP contribution in [0.2, 0.25) is 0 Å². The number of aliphatic hydroxyl groups is 1. The molecule has 0 saturated carbocycles. The topological polar surface area (TPSA) is 40.5 Å². The summed E-state index contributed by atoms with van der Waals surface area (Å²) in [6, 6.07) is 1.19. The van der Waals surface area contributed by atoms with E-state index in [1.54, 1.807) is 0 Å². The number of amides is 1. The lowest BCUT2D eigenvalue weighted by Gasteiger charge is -2.17. The molecule has 1 N–H and O–H groups in total. The summed E-state index contributed by atoms with van der Waals surface area (Å²) in [5, 5.41) is 8.91. The van der Waals surface area contributed by atoms with E-state index in [1.807, 2.05) is 0 Å². The van der Waals surface area contributed by atoms with Crippen molar-refractivity contribution in [3.05, 3.63) is 29.6 Å². The molecule has 1 saturated heterocycles. The molecule has 1 aliphatic heterocycles. The Kier molecular flexibility index (Phi) is 3.06. The predicted octanol–water partition coefficient (Wildman–Crippen LogP) is 1.45. The van der Waals surface area contributed by atoms with E-state index in [0.29, 0.717) is 6.07 Å². The van der Waals surface area contributed by atoms with Crippen LogP contribution in [0.1, 0.15) is 6.42 Å². The van der Waals surface area contributed by atoms with Gasteiger partial charge in [-0.3, -0.25) is 4.79 Å². The third-order valence-corrected chi connectivity index (χ3v) is 2.73. The van der Waals surface area contributed by atoms with Crippen LogP contribution in [-0.4, -0.2) is 24.2 Å². The fraction of sp³-hybridized carbons (Fsp3) is 0.364. The van der Waals surface area contributed by atoms with Gasteiger partial charge in [-0.15, -0.1) is 0 Å². The molecule has 2 rings (SSSR count). The van der Waals surface area contributed by atoms with Gasteiger partial charge in [-0.05, 0) is 0 Å². The van der Waals surface area contributed by atoms with Crippen molar-refractivity contribution in [1.82, 2.24) is 0 Å². The van der Waals surface area contributed by atoms with Gasteiger partial charge >= 0.3 is 0 Å². The summed E-state index contributed by atoms with van der Waals surface area (Å²) in [6.07, 6.45) is 0.0497. The molecule has 6 heteroatoms. The van der Waals surface area contributed by atoms with Crippen LogP contribution < -0.4 is 4.90 Å². The first-order valence-corrected chi connectivity index (χ1v) is 5.08. The summed E-state index contributed by atoms with van der Waals surface area (Å²) in [4.78, 5) is 12.5. The Balaban J connectivity index is 2.38. The number of hydrogen-bond acceptors (Lipinski definition) is 2. The highest BCUT2D eigenvalue weighted by atomic mass is 19.2. The van der Waals surface area contributed by atoms with E-state index < -0.39 is 29.0 Å². The molecule has 1 atom stereocenters. The van der Waals surface area contributed by atoms with Crippen molar-refractivity contribution in [2.75, 3.05) is 18.1 Å². The average Bonchev–Trinajstić information content (AvgIpc) is 2.65. The molecule has 1 aromatic carbocycles. The van der Waals surface area contributed by atoms with Gasteiger partial charge in [0, 0.05) is 37.6 Å². The van der Waals surface area contributed by atoms with Crippen molar-refractivity contribution in [1.29, 1.82) is 0 Å². The lowest BCUT2D eigenvalue weighted by atomic mass is 10.1. The van der Waals surface area contributed by atoms with Crippen LogP contribution >= 0.6 is 0 Å². The van der Waals surface area contributed by atoms with Gasteiger partial charge in [-0.1, -0.05) is 0 Å². The number of halogens is 3. The highest BCUT2D eigenvalue weighted by Crippen LogP contribution is 2.29. The molecule has 1 amide bonds. The SMILES string of the molecule is O=C1CC(CO)CN1c1cc(F)cc(F)c1F. The molecule has 1 fully saturated rings. The van der Waals surface area contributed by atoms with E-state index in [0.717, 1.165) is 11.0 Å².